The lowest BCUT2D eigenvalue weighted by Gasteiger charge is -2.34. The van der Waals surface area contributed by atoms with E-state index in [1.807, 2.05) is 11.0 Å². The van der Waals surface area contributed by atoms with E-state index in [-0.39, 0.29) is 29.7 Å². The molecule has 2 heterocycles. The Morgan fingerprint density at radius 2 is 1.84 bits per heavy atom. The molecule has 0 N–H and O–H groups in total. The monoisotopic (exact) mass is 442 g/mol. The topological polar surface area (TPSA) is 71.7 Å². The van der Waals surface area contributed by atoms with Crippen LogP contribution in [0.25, 0.3) is 11.4 Å². The van der Waals surface area contributed by atoms with Crippen LogP contribution in [0.3, 0.4) is 0 Å². The molecule has 32 heavy (non-hydrogen) atoms. The number of methoxy groups -OCH3 is 1. The van der Waals surface area contributed by atoms with Crippen molar-refractivity contribution < 1.29 is 22.8 Å². The van der Waals surface area contributed by atoms with Crippen LogP contribution in [0.15, 0.2) is 47.0 Å². The molecule has 1 aliphatic heterocycles. The average molecular weight is 442 g/mol. The van der Waals surface area contributed by atoms with Crippen molar-refractivity contribution in [2.24, 2.45) is 0 Å². The Morgan fingerprint density at radius 3 is 2.53 bits per heavy atom. The number of aromatic nitrogens is 2. The molecule has 1 fully saturated rings. The lowest BCUT2D eigenvalue weighted by molar-refractivity contribution is -0.133. The maximum absolute atomic E-state index is 13.9. The number of aryl methyl sites for hydroxylation is 1. The Labute approximate surface area is 184 Å². The van der Waals surface area contributed by atoms with Gasteiger partial charge < -0.3 is 14.2 Å². The number of piperazine rings is 1. The van der Waals surface area contributed by atoms with Crippen LogP contribution >= 0.6 is 0 Å². The smallest absolute Gasteiger partial charge is 0.227 e. The Morgan fingerprint density at radius 1 is 1.09 bits per heavy atom. The summed E-state index contributed by atoms with van der Waals surface area (Å²) in [6.45, 7) is 3.28. The van der Waals surface area contributed by atoms with Gasteiger partial charge >= 0.3 is 0 Å². The molecular formula is C23H24F2N4O3. The van der Waals surface area contributed by atoms with E-state index in [2.05, 4.69) is 15.0 Å². The Bertz CT molecular complexity index is 1060. The zero-order valence-corrected chi connectivity index (χ0v) is 17.8. The summed E-state index contributed by atoms with van der Waals surface area (Å²) in [5.41, 5.74) is 1.53. The van der Waals surface area contributed by atoms with Crippen LogP contribution in [0, 0.1) is 11.6 Å². The van der Waals surface area contributed by atoms with Gasteiger partial charge in [-0.25, -0.2) is 8.78 Å². The molecule has 4 rings (SSSR count). The zero-order chi connectivity index (χ0) is 22.5. The number of amides is 1. The van der Waals surface area contributed by atoms with E-state index >= 15 is 0 Å². The van der Waals surface area contributed by atoms with Gasteiger partial charge in [0, 0.05) is 51.1 Å². The third-order valence-electron chi connectivity index (χ3n) is 5.47. The van der Waals surface area contributed by atoms with Gasteiger partial charge in [0.15, 0.2) is 11.6 Å². The summed E-state index contributed by atoms with van der Waals surface area (Å²) in [4.78, 5) is 20.9. The molecular weight excluding hydrogens is 418 g/mol. The van der Waals surface area contributed by atoms with Gasteiger partial charge in [-0.3, -0.25) is 9.69 Å². The minimum Gasteiger partial charge on any atom is -0.494 e. The molecule has 1 saturated heterocycles. The first-order chi connectivity index (χ1) is 15.5. The van der Waals surface area contributed by atoms with Crippen molar-refractivity contribution in [2.45, 2.75) is 19.4 Å². The predicted octanol–water partition coefficient (Wildman–Crippen LogP) is 3.30. The summed E-state index contributed by atoms with van der Waals surface area (Å²) in [5, 5.41) is 3.90. The third kappa shape index (κ3) is 5.28. The lowest BCUT2D eigenvalue weighted by atomic mass is 10.1. The normalized spacial score (nSPS) is 14.5. The zero-order valence-electron chi connectivity index (χ0n) is 17.8. The Balaban J connectivity index is 1.23. The van der Waals surface area contributed by atoms with Gasteiger partial charge in [0.1, 0.15) is 5.82 Å². The highest BCUT2D eigenvalue weighted by atomic mass is 19.1. The number of halogens is 2. The lowest BCUT2D eigenvalue weighted by Crippen LogP contribution is -2.48. The molecule has 1 aliphatic rings. The van der Waals surface area contributed by atoms with E-state index in [4.69, 9.17) is 9.26 Å². The molecule has 0 bridgehead atoms. The first-order valence-corrected chi connectivity index (χ1v) is 10.4. The SMILES string of the molecule is COc1ccc(CN2CCN(C(=O)CCc3nc(-c4ccc(F)cc4)no3)CC2)cc1F. The maximum atomic E-state index is 13.9. The molecule has 0 radical (unpaired) electrons. The van der Waals surface area contributed by atoms with E-state index in [0.29, 0.717) is 56.4 Å². The molecule has 9 heteroatoms. The summed E-state index contributed by atoms with van der Waals surface area (Å²) in [6.07, 6.45) is 0.618. The molecule has 1 aromatic heterocycles. The second kappa shape index (κ2) is 9.86. The van der Waals surface area contributed by atoms with E-state index < -0.39 is 0 Å². The van der Waals surface area contributed by atoms with Crippen molar-refractivity contribution in [2.75, 3.05) is 33.3 Å². The summed E-state index contributed by atoms with van der Waals surface area (Å²) >= 11 is 0. The second-order valence-corrected chi connectivity index (χ2v) is 7.64. The molecule has 0 spiro atoms. The highest BCUT2D eigenvalue weighted by Crippen LogP contribution is 2.20. The number of carbonyl (C=O) groups is 1. The fourth-order valence-electron chi connectivity index (χ4n) is 3.67. The third-order valence-corrected chi connectivity index (χ3v) is 5.47. The van der Waals surface area contributed by atoms with Crippen LogP contribution in [-0.2, 0) is 17.8 Å². The molecule has 3 aromatic rings. The van der Waals surface area contributed by atoms with Gasteiger partial charge in [-0.05, 0) is 42.0 Å². The van der Waals surface area contributed by atoms with Gasteiger partial charge in [-0.15, -0.1) is 0 Å². The van der Waals surface area contributed by atoms with Crippen LogP contribution in [0.5, 0.6) is 5.75 Å². The number of rotatable bonds is 7. The van der Waals surface area contributed by atoms with Crippen LogP contribution < -0.4 is 4.74 Å². The van der Waals surface area contributed by atoms with Crippen molar-refractivity contribution in [3.63, 3.8) is 0 Å². The molecule has 2 aromatic carbocycles. The summed E-state index contributed by atoms with van der Waals surface area (Å²) in [5.74, 6) is 0.299. The fourth-order valence-corrected chi connectivity index (χ4v) is 3.67. The Kier molecular flexibility index (Phi) is 6.75. The van der Waals surface area contributed by atoms with E-state index in [9.17, 15) is 13.6 Å². The van der Waals surface area contributed by atoms with Crippen molar-refractivity contribution in [3.8, 4) is 17.1 Å². The summed E-state index contributed by atoms with van der Waals surface area (Å²) in [7, 11) is 1.44. The maximum Gasteiger partial charge on any atom is 0.227 e. The molecule has 0 saturated carbocycles. The quantitative estimate of drug-likeness (QED) is 0.559. The van der Waals surface area contributed by atoms with Crippen molar-refractivity contribution in [3.05, 3.63) is 65.6 Å². The number of nitrogens with zero attached hydrogens (tertiary/aromatic N) is 4. The first kappa shape index (κ1) is 21.9. The average Bonchev–Trinajstić information content (AvgIpc) is 3.28. The van der Waals surface area contributed by atoms with Crippen LogP contribution in [-0.4, -0.2) is 59.1 Å². The van der Waals surface area contributed by atoms with Crippen molar-refractivity contribution in [1.29, 1.82) is 0 Å². The summed E-state index contributed by atoms with van der Waals surface area (Å²) in [6, 6.07) is 10.8. The minimum absolute atomic E-state index is 0.0293. The van der Waals surface area contributed by atoms with Crippen molar-refractivity contribution in [1.82, 2.24) is 19.9 Å². The van der Waals surface area contributed by atoms with Crippen LogP contribution in [0.4, 0.5) is 8.78 Å². The van der Waals surface area contributed by atoms with E-state index in [0.717, 1.165) is 5.56 Å². The van der Waals surface area contributed by atoms with Gasteiger partial charge in [-0.1, -0.05) is 11.2 Å². The first-order valence-electron chi connectivity index (χ1n) is 10.4. The predicted molar refractivity (Wildman–Crippen MR) is 113 cm³/mol. The highest BCUT2D eigenvalue weighted by Gasteiger charge is 2.22. The van der Waals surface area contributed by atoms with Crippen LogP contribution in [0.1, 0.15) is 17.9 Å². The second-order valence-electron chi connectivity index (χ2n) is 7.64. The van der Waals surface area contributed by atoms with Gasteiger partial charge in [0.2, 0.25) is 17.6 Å². The Hall–Kier alpha value is -3.33. The number of carbonyl (C=O) groups excluding carboxylic acids is 1. The van der Waals surface area contributed by atoms with Gasteiger partial charge in [0.05, 0.1) is 7.11 Å². The van der Waals surface area contributed by atoms with Gasteiger partial charge in [0.25, 0.3) is 0 Å². The highest BCUT2D eigenvalue weighted by molar-refractivity contribution is 5.76. The molecule has 1 amide bonds. The number of benzene rings is 2. The van der Waals surface area contributed by atoms with Crippen LogP contribution in [0.2, 0.25) is 0 Å². The largest absolute Gasteiger partial charge is 0.494 e. The van der Waals surface area contributed by atoms with E-state index in [1.54, 1.807) is 18.2 Å². The van der Waals surface area contributed by atoms with E-state index in [1.165, 1.54) is 25.3 Å². The number of hydrogen-bond acceptors (Lipinski definition) is 6. The van der Waals surface area contributed by atoms with Gasteiger partial charge in [-0.2, -0.15) is 4.98 Å². The molecule has 0 unspecified atom stereocenters. The number of ether oxygens (including phenoxy) is 1. The minimum atomic E-state index is -0.373. The standard InChI is InChI=1S/C23H24F2N4O3/c1-31-20-7-2-16(14-19(20)25)15-28-10-12-29(13-11-28)22(30)9-8-21-26-23(27-32-21)17-3-5-18(24)6-4-17/h2-7,14H,8-13,15H2,1H3. The van der Waals surface area contributed by atoms with Crippen molar-refractivity contribution >= 4 is 5.91 Å². The summed E-state index contributed by atoms with van der Waals surface area (Å²) < 4.78 is 37.1. The molecule has 0 aliphatic carbocycles. The molecule has 0 atom stereocenters. The fraction of sp³-hybridized carbons (Fsp3) is 0.348. The number of hydrogen-bond donors (Lipinski definition) is 0. The molecule has 168 valence electrons. The molecule has 7 nitrogen and oxygen atoms in total.